The third-order valence-corrected chi connectivity index (χ3v) is 4.52. The molecule has 0 radical (unpaired) electrons. The van der Waals surface area contributed by atoms with Crippen LogP contribution in [-0.4, -0.2) is 6.54 Å². The lowest BCUT2D eigenvalue weighted by Gasteiger charge is -2.32. The number of hydrogen-bond donors (Lipinski definition) is 1. The Balaban J connectivity index is 2.96. The molecule has 20 heavy (non-hydrogen) atoms. The Labute approximate surface area is 126 Å². The van der Waals surface area contributed by atoms with Crippen molar-refractivity contribution in [2.45, 2.75) is 67.3 Å². The standard InChI is InChI=1S/C19H33N/c1-8-11-20-18(13-16(4)19(5,6)7)17-12-14(2)9-10-15(17)3/h9-10,12,16,18,20H,8,11,13H2,1-7H3. The minimum Gasteiger partial charge on any atom is -0.310 e. The smallest absolute Gasteiger partial charge is 0.0325 e. The number of benzene rings is 1. The van der Waals surface area contributed by atoms with Gasteiger partial charge in [0, 0.05) is 6.04 Å². The summed E-state index contributed by atoms with van der Waals surface area (Å²) >= 11 is 0. The molecule has 0 fully saturated rings. The van der Waals surface area contributed by atoms with E-state index < -0.39 is 0 Å². The van der Waals surface area contributed by atoms with E-state index in [1.807, 2.05) is 0 Å². The Kier molecular flexibility index (Phi) is 6.26. The summed E-state index contributed by atoms with van der Waals surface area (Å²) in [6, 6.07) is 7.30. The normalized spacial score (nSPS) is 15.2. The van der Waals surface area contributed by atoms with Crippen LogP contribution in [0.25, 0.3) is 0 Å². The van der Waals surface area contributed by atoms with E-state index in [0.717, 1.165) is 6.54 Å². The van der Waals surface area contributed by atoms with Gasteiger partial charge in [0.05, 0.1) is 0 Å². The quantitative estimate of drug-likeness (QED) is 0.731. The maximum atomic E-state index is 3.76. The molecule has 0 spiro atoms. The van der Waals surface area contributed by atoms with E-state index in [2.05, 4.69) is 72.0 Å². The molecule has 2 atom stereocenters. The molecule has 0 aliphatic heterocycles. The van der Waals surface area contributed by atoms with Crippen molar-refractivity contribution < 1.29 is 0 Å². The third kappa shape index (κ3) is 4.94. The van der Waals surface area contributed by atoms with Crippen molar-refractivity contribution in [2.24, 2.45) is 11.3 Å². The molecule has 2 unspecified atom stereocenters. The molecule has 0 aliphatic carbocycles. The average molecular weight is 275 g/mol. The lowest BCUT2D eigenvalue weighted by Crippen LogP contribution is -2.28. The number of rotatable bonds is 6. The summed E-state index contributed by atoms with van der Waals surface area (Å²) in [4.78, 5) is 0. The van der Waals surface area contributed by atoms with Gasteiger partial charge < -0.3 is 5.32 Å². The van der Waals surface area contributed by atoms with Crippen molar-refractivity contribution in [3.63, 3.8) is 0 Å². The zero-order valence-corrected chi connectivity index (χ0v) is 14.5. The van der Waals surface area contributed by atoms with Gasteiger partial charge in [-0.15, -0.1) is 0 Å². The van der Waals surface area contributed by atoms with Crippen LogP contribution in [0.15, 0.2) is 18.2 Å². The van der Waals surface area contributed by atoms with Crippen LogP contribution >= 0.6 is 0 Å². The highest BCUT2D eigenvalue weighted by atomic mass is 14.9. The minimum absolute atomic E-state index is 0.365. The molecule has 1 N–H and O–H groups in total. The van der Waals surface area contributed by atoms with Gasteiger partial charge in [-0.05, 0) is 55.7 Å². The summed E-state index contributed by atoms with van der Waals surface area (Å²) in [6.07, 6.45) is 2.39. The maximum Gasteiger partial charge on any atom is 0.0325 e. The SMILES string of the molecule is CCCNC(CC(C)C(C)(C)C)c1cc(C)ccc1C. The molecule has 0 bridgehead atoms. The van der Waals surface area contributed by atoms with E-state index in [-0.39, 0.29) is 0 Å². The van der Waals surface area contributed by atoms with Crippen molar-refractivity contribution in [3.05, 3.63) is 34.9 Å². The van der Waals surface area contributed by atoms with Crippen molar-refractivity contribution in [3.8, 4) is 0 Å². The van der Waals surface area contributed by atoms with Gasteiger partial charge in [0.25, 0.3) is 0 Å². The highest BCUT2D eigenvalue weighted by Crippen LogP contribution is 2.34. The summed E-state index contributed by atoms with van der Waals surface area (Å²) in [7, 11) is 0. The molecule has 0 saturated heterocycles. The Morgan fingerprint density at radius 2 is 1.80 bits per heavy atom. The van der Waals surface area contributed by atoms with Gasteiger partial charge in [-0.3, -0.25) is 0 Å². The van der Waals surface area contributed by atoms with Crippen molar-refractivity contribution in [2.75, 3.05) is 6.54 Å². The number of hydrogen-bond acceptors (Lipinski definition) is 1. The summed E-state index contributed by atoms with van der Waals surface area (Å²) in [5.41, 5.74) is 4.61. The minimum atomic E-state index is 0.365. The van der Waals surface area contributed by atoms with Crippen LogP contribution in [-0.2, 0) is 0 Å². The van der Waals surface area contributed by atoms with Crippen LogP contribution in [0.5, 0.6) is 0 Å². The topological polar surface area (TPSA) is 12.0 Å². The van der Waals surface area contributed by atoms with Crippen LogP contribution in [0.3, 0.4) is 0 Å². The van der Waals surface area contributed by atoms with Gasteiger partial charge in [0.15, 0.2) is 0 Å². The summed E-state index contributed by atoms with van der Waals surface area (Å²) in [6.45, 7) is 17.2. The van der Waals surface area contributed by atoms with E-state index in [4.69, 9.17) is 0 Å². The van der Waals surface area contributed by atoms with Crippen molar-refractivity contribution >= 4 is 0 Å². The molecule has 0 aliphatic rings. The molecule has 0 heterocycles. The van der Waals surface area contributed by atoms with Crippen LogP contribution in [0.2, 0.25) is 0 Å². The third-order valence-electron chi connectivity index (χ3n) is 4.52. The molecule has 114 valence electrons. The van der Waals surface area contributed by atoms with Crippen LogP contribution < -0.4 is 5.32 Å². The van der Waals surface area contributed by atoms with E-state index in [9.17, 15) is 0 Å². The molecule has 1 aromatic rings. The molecule has 1 rings (SSSR count). The molecule has 0 saturated carbocycles. The Morgan fingerprint density at radius 1 is 1.15 bits per heavy atom. The molecule has 1 nitrogen and oxygen atoms in total. The Bertz CT molecular complexity index is 414. The van der Waals surface area contributed by atoms with Crippen molar-refractivity contribution in [1.29, 1.82) is 0 Å². The van der Waals surface area contributed by atoms with Crippen molar-refractivity contribution in [1.82, 2.24) is 5.32 Å². The first-order chi connectivity index (χ1) is 9.25. The van der Waals surface area contributed by atoms with Gasteiger partial charge in [-0.2, -0.15) is 0 Å². The molecular weight excluding hydrogens is 242 g/mol. The predicted octanol–water partition coefficient (Wildman–Crippen LogP) is 5.42. The lowest BCUT2D eigenvalue weighted by molar-refractivity contribution is 0.223. The fraction of sp³-hybridized carbons (Fsp3) is 0.684. The highest BCUT2D eigenvalue weighted by Gasteiger charge is 2.24. The van der Waals surface area contributed by atoms with E-state index in [0.29, 0.717) is 17.4 Å². The Morgan fingerprint density at radius 3 is 2.35 bits per heavy atom. The summed E-state index contributed by atoms with van der Waals surface area (Å²) in [5, 5.41) is 3.76. The molecule has 0 aromatic heterocycles. The molecule has 1 heteroatoms. The fourth-order valence-corrected chi connectivity index (χ4v) is 2.48. The predicted molar refractivity (Wildman–Crippen MR) is 90.2 cm³/mol. The zero-order valence-electron chi connectivity index (χ0n) is 14.5. The molecule has 1 aromatic carbocycles. The lowest BCUT2D eigenvalue weighted by atomic mass is 9.77. The van der Waals surface area contributed by atoms with Crippen LogP contribution in [0.1, 0.15) is 70.2 Å². The van der Waals surface area contributed by atoms with E-state index in [1.54, 1.807) is 0 Å². The second-order valence-corrected chi connectivity index (χ2v) is 7.37. The number of nitrogens with one attached hydrogen (secondary N) is 1. The van der Waals surface area contributed by atoms with Crippen LogP contribution in [0.4, 0.5) is 0 Å². The monoisotopic (exact) mass is 275 g/mol. The summed E-state index contributed by atoms with van der Waals surface area (Å²) in [5.74, 6) is 0.691. The van der Waals surface area contributed by atoms with Gasteiger partial charge in [0.2, 0.25) is 0 Å². The van der Waals surface area contributed by atoms with E-state index in [1.165, 1.54) is 29.5 Å². The maximum absolute atomic E-state index is 3.76. The number of aryl methyl sites for hydroxylation is 2. The summed E-state index contributed by atoms with van der Waals surface area (Å²) < 4.78 is 0. The zero-order chi connectivity index (χ0) is 15.3. The first-order valence-electron chi connectivity index (χ1n) is 8.06. The highest BCUT2D eigenvalue weighted by molar-refractivity contribution is 5.33. The van der Waals surface area contributed by atoms with E-state index >= 15 is 0 Å². The first-order valence-corrected chi connectivity index (χ1v) is 8.06. The molecule has 0 amide bonds. The van der Waals surface area contributed by atoms with Gasteiger partial charge in [0.1, 0.15) is 0 Å². The van der Waals surface area contributed by atoms with Gasteiger partial charge in [-0.25, -0.2) is 0 Å². The molecular formula is C19H33N. The Hall–Kier alpha value is -0.820. The van der Waals surface area contributed by atoms with Gasteiger partial charge >= 0.3 is 0 Å². The fourth-order valence-electron chi connectivity index (χ4n) is 2.48. The first kappa shape index (κ1) is 17.2. The van der Waals surface area contributed by atoms with Gasteiger partial charge in [-0.1, -0.05) is 58.4 Å². The second-order valence-electron chi connectivity index (χ2n) is 7.37. The second kappa shape index (κ2) is 7.26. The largest absolute Gasteiger partial charge is 0.310 e. The average Bonchev–Trinajstić information content (AvgIpc) is 2.36. The van der Waals surface area contributed by atoms with Crippen LogP contribution in [0, 0.1) is 25.2 Å².